The number of ketones is 1. The maximum Gasteiger partial charge on any atom is 0.136 e. The molecule has 0 spiro atoms. The van der Waals surface area contributed by atoms with E-state index < -0.39 is 0 Å². The summed E-state index contributed by atoms with van der Waals surface area (Å²) in [5, 5.41) is 0. The molecule has 1 aliphatic rings. The molecular formula is C14H19NO. The quantitative estimate of drug-likeness (QED) is 0.773. The Hall–Kier alpha value is -1.31. The van der Waals surface area contributed by atoms with Gasteiger partial charge in [0.15, 0.2) is 0 Å². The van der Waals surface area contributed by atoms with Gasteiger partial charge in [0.2, 0.25) is 0 Å². The van der Waals surface area contributed by atoms with Crippen LogP contribution in [0.25, 0.3) is 0 Å². The number of hydrogen-bond acceptors (Lipinski definition) is 2. The minimum Gasteiger partial charge on any atom is -0.375 e. The monoisotopic (exact) mass is 217 g/mol. The molecule has 1 unspecified atom stereocenters. The molecule has 1 fully saturated rings. The van der Waals surface area contributed by atoms with Gasteiger partial charge in [0, 0.05) is 31.6 Å². The normalized spacial score (nSPS) is 20.1. The highest BCUT2D eigenvalue weighted by Crippen LogP contribution is 2.25. The molecule has 1 aromatic carbocycles. The molecule has 0 bridgehead atoms. The fraction of sp³-hybridized carbons (Fsp3) is 0.500. The van der Waals surface area contributed by atoms with Crippen molar-refractivity contribution in [2.24, 2.45) is 5.92 Å². The summed E-state index contributed by atoms with van der Waals surface area (Å²) >= 11 is 0. The van der Waals surface area contributed by atoms with E-state index in [0.717, 1.165) is 32.2 Å². The highest BCUT2D eigenvalue weighted by molar-refractivity contribution is 5.82. The Labute approximate surface area is 97.3 Å². The predicted molar refractivity (Wildman–Crippen MR) is 66.7 cm³/mol. The van der Waals surface area contributed by atoms with E-state index in [0.29, 0.717) is 11.7 Å². The van der Waals surface area contributed by atoms with E-state index in [4.69, 9.17) is 0 Å². The van der Waals surface area contributed by atoms with Gasteiger partial charge in [-0.2, -0.15) is 0 Å². The minimum atomic E-state index is 0.325. The number of benzene rings is 1. The number of anilines is 1. The Balaban J connectivity index is 1.84. The van der Waals surface area contributed by atoms with Crippen molar-refractivity contribution in [3.63, 3.8) is 0 Å². The number of rotatable bonds is 4. The van der Waals surface area contributed by atoms with Crippen LogP contribution in [0.4, 0.5) is 5.69 Å². The highest BCUT2D eigenvalue weighted by Gasteiger charge is 2.24. The van der Waals surface area contributed by atoms with E-state index in [2.05, 4.69) is 24.1 Å². The van der Waals surface area contributed by atoms with E-state index in [9.17, 15) is 4.79 Å². The van der Waals surface area contributed by atoms with Crippen molar-refractivity contribution in [2.75, 3.05) is 18.5 Å². The summed E-state index contributed by atoms with van der Waals surface area (Å²) in [6.07, 6.45) is 4.00. The average Bonchev–Trinajstić information content (AvgIpc) is 2.73. The summed E-state index contributed by atoms with van der Waals surface area (Å²) in [7, 11) is 2.09. The van der Waals surface area contributed by atoms with Gasteiger partial charge in [-0.1, -0.05) is 18.2 Å². The van der Waals surface area contributed by atoms with Gasteiger partial charge in [-0.3, -0.25) is 4.79 Å². The lowest BCUT2D eigenvalue weighted by Gasteiger charge is -2.20. The molecule has 1 saturated carbocycles. The van der Waals surface area contributed by atoms with Crippen molar-refractivity contribution in [3.8, 4) is 0 Å². The standard InChI is InChI=1S/C14H19NO/c1-15(13-7-3-2-4-8-13)11-10-12-6-5-9-14(12)16/h2-4,7-8,12H,5-6,9-11H2,1H3. The molecule has 0 aromatic heterocycles. The zero-order valence-electron chi connectivity index (χ0n) is 9.86. The summed E-state index contributed by atoms with van der Waals surface area (Å²) in [5.74, 6) is 0.799. The Bertz CT molecular complexity index is 347. The Morgan fingerprint density at radius 3 is 2.69 bits per heavy atom. The summed E-state index contributed by atoms with van der Waals surface area (Å²) < 4.78 is 0. The van der Waals surface area contributed by atoms with Gasteiger partial charge in [-0.05, 0) is 31.4 Å². The van der Waals surface area contributed by atoms with E-state index >= 15 is 0 Å². The number of carbonyl (C=O) groups is 1. The van der Waals surface area contributed by atoms with Crippen LogP contribution < -0.4 is 4.90 Å². The van der Waals surface area contributed by atoms with Crippen molar-refractivity contribution in [3.05, 3.63) is 30.3 Å². The first kappa shape index (κ1) is 11.2. The lowest BCUT2D eigenvalue weighted by Crippen LogP contribution is -2.22. The average molecular weight is 217 g/mol. The fourth-order valence-corrected chi connectivity index (χ4v) is 2.35. The molecule has 1 atom stereocenters. The van der Waals surface area contributed by atoms with Crippen molar-refractivity contribution >= 4 is 11.5 Å². The van der Waals surface area contributed by atoms with Gasteiger partial charge in [0.05, 0.1) is 0 Å². The zero-order valence-corrected chi connectivity index (χ0v) is 9.86. The molecule has 0 aliphatic heterocycles. The van der Waals surface area contributed by atoms with E-state index in [-0.39, 0.29) is 0 Å². The van der Waals surface area contributed by atoms with Crippen molar-refractivity contribution < 1.29 is 4.79 Å². The van der Waals surface area contributed by atoms with Gasteiger partial charge in [0.25, 0.3) is 0 Å². The van der Waals surface area contributed by atoms with Gasteiger partial charge in [-0.25, -0.2) is 0 Å². The number of para-hydroxylation sites is 1. The molecule has 0 amide bonds. The molecule has 2 heteroatoms. The Kier molecular flexibility index (Phi) is 3.60. The van der Waals surface area contributed by atoms with Crippen LogP contribution in [0.5, 0.6) is 0 Å². The lowest BCUT2D eigenvalue weighted by atomic mass is 10.0. The first-order chi connectivity index (χ1) is 7.77. The first-order valence-corrected chi connectivity index (χ1v) is 6.06. The van der Waals surface area contributed by atoms with Crippen LogP contribution in [0.2, 0.25) is 0 Å². The first-order valence-electron chi connectivity index (χ1n) is 6.06. The molecular weight excluding hydrogens is 198 g/mol. The highest BCUT2D eigenvalue weighted by atomic mass is 16.1. The summed E-state index contributed by atoms with van der Waals surface area (Å²) in [6, 6.07) is 10.3. The van der Waals surface area contributed by atoms with Gasteiger partial charge in [-0.15, -0.1) is 0 Å². The maximum atomic E-state index is 11.5. The molecule has 0 N–H and O–H groups in total. The number of carbonyl (C=O) groups excluding carboxylic acids is 1. The summed E-state index contributed by atoms with van der Waals surface area (Å²) in [6.45, 7) is 0.973. The predicted octanol–water partition coefficient (Wildman–Crippen LogP) is 2.88. The Morgan fingerprint density at radius 1 is 1.31 bits per heavy atom. The third-order valence-corrected chi connectivity index (χ3v) is 3.44. The van der Waals surface area contributed by atoms with E-state index in [1.807, 2.05) is 18.2 Å². The Morgan fingerprint density at radius 2 is 2.06 bits per heavy atom. The molecule has 1 aliphatic carbocycles. The third-order valence-electron chi connectivity index (χ3n) is 3.44. The molecule has 0 radical (unpaired) electrons. The topological polar surface area (TPSA) is 20.3 Å². The van der Waals surface area contributed by atoms with Crippen LogP contribution in [0.1, 0.15) is 25.7 Å². The smallest absolute Gasteiger partial charge is 0.136 e. The number of nitrogens with zero attached hydrogens (tertiary/aromatic N) is 1. The second-order valence-electron chi connectivity index (χ2n) is 4.60. The summed E-state index contributed by atoms with van der Waals surface area (Å²) in [4.78, 5) is 13.7. The van der Waals surface area contributed by atoms with E-state index in [1.165, 1.54) is 5.69 Å². The molecule has 86 valence electrons. The molecule has 2 nitrogen and oxygen atoms in total. The number of Topliss-reactive ketones (excluding diaryl/α,β-unsaturated/α-hetero) is 1. The second kappa shape index (κ2) is 5.15. The van der Waals surface area contributed by atoms with Gasteiger partial charge in [0.1, 0.15) is 5.78 Å². The van der Waals surface area contributed by atoms with Crippen LogP contribution >= 0.6 is 0 Å². The molecule has 2 rings (SSSR count). The zero-order chi connectivity index (χ0) is 11.4. The van der Waals surface area contributed by atoms with Gasteiger partial charge < -0.3 is 4.90 Å². The SMILES string of the molecule is CN(CCC1CCCC1=O)c1ccccc1. The largest absolute Gasteiger partial charge is 0.375 e. The van der Waals surface area contributed by atoms with Gasteiger partial charge >= 0.3 is 0 Å². The van der Waals surface area contributed by atoms with Crippen LogP contribution in [-0.2, 0) is 4.79 Å². The maximum absolute atomic E-state index is 11.5. The fourth-order valence-electron chi connectivity index (χ4n) is 2.35. The van der Waals surface area contributed by atoms with Crippen LogP contribution in [0.3, 0.4) is 0 Å². The van der Waals surface area contributed by atoms with Crippen LogP contribution in [0, 0.1) is 5.92 Å². The molecule has 1 aromatic rings. The third kappa shape index (κ3) is 2.63. The molecule has 0 saturated heterocycles. The second-order valence-corrected chi connectivity index (χ2v) is 4.60. The molecule has 16 heavy (non-hydrogen) atoms. The lowest BCUT2D eigenvalue weighted by molar-refractivity contribution is -0.120. The van der Waals surface area contributed by atoms with Crippen molar-refractivity contribution in [1.29, 1.82) is 0 Å². The minimum absolute atomic E-state index is 0.325. The summed E-state index contributed by atoms with van der Waals surface area (Å²) in [5.41, 5.74) is 1.23. The van der Waals surface area contributed by atoms with Crippen molar-refractivity contribution in [1.82, 2.24) is 0 Å². The molecule has 0 heterocycles. The van der Waals surface area contributed by atoms with Crippen molar-refractivity contribution in [2.45, 2.75) is 25.7 Å². The van der Waals surface area contributed by atoms with E-state index in [1.54, 1.807) is 0 Å². The van der Waals surface area contributed by atoms with Crippen LogP contribution in [0.15, 0.2) is 30.3 Å². The van der Waals surface area contributed by atoms with Crippen LogP contribution in [-0.4, -0.2) is 19.4 Å². The number of hydrogen-bond donors (Lipinski definition) is 0.